The van der Waals surface area contributed by atoms with Crippen LogP contribution >= 0.6 is 0 Å². The van der Waals surface area contributed by atoms with Crippen LogP contribution in [0.3, 0.4) is 0 Å². The van der Waals surface area contributed by atoms with E-state index in [1.807, 2.05) is 18.2 Å². The maximum atomic E-state index is 13.1. The fourth-order valence-electron chi connectivity index (χ4n) is 4.85. The molecule has 1 amide bonds. The molecule has 0 spiro atoms. The average molecular weight is 343 g/mol. The zero-order valence-corrected chi connectivity index (χ0v) is 15.2. The Morgan fingerprint density at radius 2 is 2.08 bits per heavy atom. The first-order chi connectivity index (χ1) is 12.2. The van der Waals surface area contributed by atoms with Gasteiger partial charge in [0.15, 0.2) is 0 Å². The van der Waals surface area contributed by atoms with Crippen molar-refractivity contribution in [1.29, 1.82) is 0 Å². The molecular weight excluding hydrogens is 314 g/mol. The summed E-state index contributed by atoms with van der Waals surface area (Å²) in [5.74, 6) is 2.41. The molecule has 2 aliphatic heterocycles. The Morgan fingerprint density at radius 1 is 1.24 bits per heavy atom. The van der Waals surface area contributed by atoms with Crippen molar-refractivity contribution in [2.24, 2.45) is 11.8 Å². The number of methoxy groups -OCH3 is 1. The number of fused-ring (bicyclic) bond motifs is 2. The van der Waals surface area contributed by atoms with E-state index in [2.05, 4.69) is 14.8 Å². The van der Waals surface area contributed by atoms with Gasteiger partial charge in [0.05, 0.1) is 18.8 Å². The van der Waals surface area contributed by atoms with E-state index in [-0.39, 0.29) is 6.04 Å². The molecule has 1 aromatic heterocycles. The van der Waals surface area contributed by atoms with Crippen LogP contribution in [0.5, 0.6) is 5.88 Å². The molecule has 3 aliphatic rings. The largest absolute Gasteiger partial charge is 0.481 e. The zero-order valence-electron chi connectivity index (χ0n) is 15.2. The van der Waals surface area contributed by atoms with Crippen molar-refractivity contribution >= 4 is 5.91 Å². The molecule has 2 atom stereocenters. The summed E-state index contributed by atoms with van der Waals surface area (Å²) in [5.41, 5.74) is 0.985. The lowest BCUT2D eigenvalue weighted by atomic mass is 9.85. The molecule has 0 radical (unpaired) electrons. The third-order valence-electron chi connectivity index (χ3n) is 6.21. The zero-order chi connectivity index (χ0) is 17.2. The molecule has 1 aliphatic carbocycles. The number of carbonyl (C=O) groups is 1. The number of amides is 1. The first-order valence-corrected chi connectivity index (χ1v) is 9.75. The van der Waals surface area contributed by atoms with Crippen molar-refractivity contribution in [2.45, 2.75) is 51.1 Å². The molecule has 3 heterocycles. The van der Waals surface area contributed by atoms with Crippen molar-refractivity contribution in [1.82, 2.24) is 14.8 Å². The molecule has 0 aromatic carbocycles. The van der Waals surface area contributed by atoms with Crippen LogP contribution in [0.4, 0.5) is 0 Å². The highest BCUT2D eigenvalue weighted by atomic mass is 16.5. The first kappa shape index (κ1) is 16.8. The van der Waals surface area contributed by atoms with Gasteiger partial charge in [-0.25, -0.2) is 4.98 Å². The molecule has 1 aromatic rings. The molecule has 2 bridgehead atoms. The molecule has 0 unspecified atom stereocenters. The molecule has 5 heteroatoms. The summed E-state index contributed by atoms with van der Waals surface area (Å²) >= 11 is 0. The van der Waals surface area contributed by atoms with E-state index >= 15 is 0 Å². The Hall–Kier alpha value is -1.62. The normalized spacial score (nSPS) is 27.7. The molecule has 25 heavy (non-hydrogen) atoms. The lowest BCUT2D eigenvalue weighted by Gasteiger charge is -2.47. The molecule has 136 valence electrons. The minimum atomic E-state index is 0.0434. The van der Waals surface area contributed by atoms with Crippen molar-refractivity contribution < 1.29 is 9.53 Å². The quantitative estimate of drug-likeness (QED) is 0.825. The van der Waals surface area contributed by atoms with E-state index in [1.165, 1.54) is 32.1 Å². The topological polar surface area (TPSA) is 45.7 Å². The van der Waals surface area contributed by atoms with Gasteiger partial charge in [0, 0.05) is 25.7 Å². The van der Waals surface area contributed by atoms with Gasteiger partial charge < -0.3 is 9.64 Å². The van der Waals surface area contributed by atoms with E-state index in [0.717, 1.165) is 44.2 Å². The molecule has 1 saturated carbocycles. The number of likely N-dealkylation sites (tertiary alicyclic amines) is 2. The second-order valence-corrected chi connectivity index (χ2v) is 7.94. The first-order valence-electron chi connectivity index (χ1n) is 9.75. The fraction of sp³-hybridized carbons (Fsp3) is 0.700. The molecule has 2 saturated heterocycles. The predicted molar refractivity (Wildman–Crippen MR) is 96.2 cm³/mol. The Labute approximate surface area is 150 Å². The van der Waals surface area contributed by atoms with Crippen molar-refractivity contribution in [3.8, 4) is 5.88 Å². The Kier molecular flexibility index (Phi) is 4.93. The number of pyridine rings is 1. The maximum absolute atomic E-state index is 13.1. The van der Waals surface area contributed by atoms with Crippen LogP contribution in [0.25, 0.3) is 0 Å². The van der Waals surface area contributed by atoms with Crippen molar-refractivity contribution in [3.63, 3.8) is 0 Å². The number of carbonyl (C=O) groups excluding carboxylic acids is 1. The van der Waals surface area contributed by atoms with Gasteiger partial charge >= 0.3 is 0 Å². The van der Waals surface area contributed by atoms with Crippen molar-refractivity contribution in [2.75, 3.05) is 26.7 Å². The van der Waals surface area contributed by atoms with E-state index < -0.39 is 0 Å². The molecular formula is C20H29N3O2. The van der Waals surface area contributed by atoms with Crippen LogP contribution in [0.15, 0.2) is 18.2 Å². The van der Waals surface area contributed by atoms with Crippen LogP contribution in [-0.4, -0.2) is 53.5 Å². The summed E-state index contributed by atoms with van der Waals surface area (Å²) in [6.07, 6.45) is 7.49. The van der Waals surface area contributed by atoms with E-state index in [1.54, 1.807) is 7.11 Å². The summed E-state index contributed by atoms with van der Waals surface area (Å²) in [6.45, 7) is 3.70. The van der Waals surface area contributed by atoms with Gasteiger partial charge in [-0.15, -0.1) is 0 Å². The monoisotopic (exact) mass is 343 g/mol. The minimum absolute atomic E-state index is 0.0434. The summed E-state index contributed by atoms with van der Waals surface area (Å²) in [4.78, 5) is 22.1. The van der Waals surface area contributed by atoms with Gasteiger partial charge in [-0.3, -0.25) is 9.69 Å². The number of nitrogens with zero attached hydrogens (tertiary/aromatic N) is 3. The highest BCUT2D eigenvalue weighted by Crippen LogP contribution is 2.33. The summed E-state index contributed by atoms with van der Waals surface area (Å²) in [7, 11) is 1.64. The second-order valence-electron chi connectivity index (χ2n) is 7.94. The fourth-order valence-corrected chi connectivity index (χ4v) is 4.85. The number of aromatic nitrogens is 1. The number of piperidine rings is 2. The Morgan fingerprint density at radius 3 is 2.88 bits per heavy atom. The van der Waals surface area contributed by atoms with Gasteiger partial charge in [0.1, 0.15) is 0 Å². The summed E-state index contributed by atoms with van der Waals surface area (Å²) in [6, 6.07) is 5.91. The predicted octanol–water partition coefficient (Wildman–Crippen LogP) is 2.70. The van der Waals surface area contributed by atoms with Crippen molar-refractivity contribution in [3.05, 3.63) is 23.9 Å². The third-order valence-corrected chi connectivity index (χ3v) is 6.21. The number of ether oxygens (including phenoxy) is 1. The Balaban J connectivity index is 1.44. The highest BCUT2D eigenvalue weighted by Gasteiger charge is 2.41. The molecule has 0 N–H and O–H groups in total. The standard InChI is InChI=1S/C20H29N3O2/c1-25-19-8-4-7-17(21-19)14-22-10-9-16-11-18(22)20(24)23(13-16)12-15-5-2-3-6-15/h4,7-8,15-16,18H,2-3,5-6,9-14H2,1H3/t16-,18+/m0/s1. The van der Waals surface area contributed by atoms with Crippen LogP contribution in [0.1, 0.15) is 44.2 Å². The minimum Gasteiger partial charge on any atom is -0.481 e. The van der Waals surface area contributed by atoms with Gasteiger partial charge in [0.25, 0.3) is 0 Å². The average Bonchev–Trinajstić information content (AvgIpc) is 3.14. The van der Waals surface area contributed by atoms with Gasteiger partial charge in [0.2, 0.25) is 11.8 Å². The van der Waals surface area contributed by atoms with E-state index in [4.69, 9.17) is 4.74 Å². The van der Waals surface area contributed by atoms with E-state index in [9.17, 15) is 4.79 Å². The number of hydrogen-bond donors (Lipinski definition) is 0. The molecule has 3 fully saturated rings. The van der Waals surface area contributed by atoms with Crippen LogP contribution < -0.4 is 4.74 Å². The van der Waals surface area contributed by atoms with Crippen LogP contribution in [0.2, 0.25) is 0 Å². The third kappa shape index (κ3) is 3.66. The van der Waals surface area contributed by atoms with Gasteiger partial charge in [-0.2, -0.15) is 0 Å². The lowest BCUT2D eigenvalue weighted by molar-refractivity contribution is -0.146. The highest BCUT2D eigenvalue weighted by molar-refractivity contribution is 5.83. The molecule has 4 rings (SSSR count). The smallest absolute Gasteiger partial charge is 0.239 e. The van der Waals surface area contributed by atoms with Gasteiger partial charge in [-0.1, -0.05) is 18.9 Å². The SMILES string of the molecule is COc1cccc(CN2CC[C@H]3C[C@@H]2C(=O)N(CC2CCCC2)C3)n1. The lowest BCUT2D eigenvalue weighted by Crippen LogP contribution is -2.59. The van der Waals surface area contributed by atoms with E-state index in [0.29, 0.717) is 17.7 Å². The summed E-state index contributed by atoms with van der Waals surface area (Å²) in [5, 5.41) is 0. The maximum Gasteiger partial charge on any atom is 0.239 e. The second kappa shape index (κ2) is 7.32. The molecule has 5 nitrogen and oxygen atoms in total. The van der Waals surface area contributed by atoms with Crippen LogP contribution in [-0.2, 0) is 11.3 Å². The van der Waals surface area contributed by atoms with Crippen LogP contribution in [0, 0.1) is 11.8 Å². The number of rotatable bonds is 5. The number of hydrogen-bond acceptors (Lipinski definition) is 4. The summed E-state index contributed by atoms with van der Waals surface area (Å²) < 4.78 is 5.23. The van der Waals surface area contributed by atoms with Gasteiger partial charge in [-0.05, 0) is 50.1 Å². The Bertz CT molecular complexity index is 615.